The summed E-state index contributed by atoms with van der Waals surface area (Å²) in [5.74, 6) is -0.361. The van der Waals surface area contributed by atoms with E-state index in [1.807, 2.05) is 0 Å². The third-order valence-electron chi connectivity index (χ3n) is 2.43. The summed E-state index contributed by atoms with van der Waals surface area (Å²) in [5, 5.41) is 0. The van der Waals surface area contributed by atoms with Crippen LogP contribution in [0.4, 0.5) is 0 Å². The van der Waals surface area contributed by atoms with Crippen molar-refractivity contribution in [1.82, 2.24) is 4.72 Å². The molecule has 0 heterocycles. The van der Waals surface area contributed by atoms with Crippen molar-refractivity contribution in [2.75, 3.05) is 26.1 Å². The Balaban J connectivity index is 2.71. The van der Waals surface area contributed by atoms with Crippen LogP contribution in [0.2, 0.25) is 0 Å². The van der Waals surface area contributed by atoms with Crippen LogP contribution in [0, 0.1) is 0 Å². The highest BCUT2D eigenvalue weighted by Gasteiger charge is 2.13. The van der Waals surface area contributed by atoms with Crippen molar-refractivity contribution in [3.05, 3.63) is 29.8 Å². The van der Waals surface area contributed by atoms with E-state index in [9.17, 15) is 13.2 Å². The predicted octanol–water partition coefficient (Wildman–Crippen LogP) is 1.42. The number of alkyl halides is 1. The van der Waals surface area contributed by atoms with Crippen LogP contribution < -0.4 is 4.72 Å². The number of carbonyl (C=O) groups is 1. The fraction of sp³-hybridized carbons (Fsp3) is 0.417. The minimum absolute atomic E-state index is 0.121. The Labute approximate surface area is 118 Å². The number of rotatable bonds is 8. The second-order valence-corrected chi connectivity index (χ2v) is 5.86. The molecule has 0 fully saturated rings. The number of methoxy groups -OCH3 is 1. The molecule has 1 rings (SSSR count). The zero-order chi connectivity index (χ0) is 14.3. The lowest BCUT2D eigenvalue weighted by Crippen LogP contribution is -2.25. The Hall–Kier alpha value is -0.950. The molecule has 0 aliphatic heterocycles. The van der Waals surface area contributed by atoms with Crippen molar-refractivity contribution in [2.45, 2.75) is 11.3 Å². The molecule has 0 aromatic heterocycles. The van der Waals surface area contributed by atoms with E-state index < -0.39 is 10.0 Å². The average Bonchev–Trinajstić information content (AvgIpc) is 2.43. The Morgan fingerprint density at radius 1 is 1.32 bits per heavy atom. The van der Waals surface area contributed by atoms with Crippen LogP contribution >= 0.6 is 11.6 Å². The molecule has 19 heavy (non-hydrogen) atoms. The van der Waals surface area contributed by atoms with Crippen molar-refractivity contribution in [2.24, 2.45) is 0 Å². The molecule has 0 unspecified atom stereocenters. The van der Waals surface area contributed by atoms with Gasteiger partial charge in [-0.3, -0.25) is 4.79 Å². The highest BCUT2D eigenvalue weighted by molar-refractivity contribution is 7.89. The Kier molecular flexibility index (Phi) is 6.44. The van der Waals surface area contributed by atoms with Gasteiger partial charge in [-0.1, -0.05) is 12.1 Å². The van der Waals surface area contributed by atoms with Gasteiger partial charge in [0.2, 0.25) is 10.0 Å². The Morgan fingerprint density at radius 3 is 2.47 bits per heavy atom. The van der Waals surface area contributed by atoms with Gasteiger partial charge in [-0.15, -0.1) is 11.6 Å². The van der Waals surface area contributed by atoms with E-state index >= 15 is 0 Å². The molecule has 1 aromatic carbocycles. The number of hydrogen-bond acceptors (Lipinski definition) is 4. The number of halogens is 1. The minimum atomic E-state index is -3.54. The van der Waals surface area contributed by atoms with E-state index in [4.69, 9.17) is 16.3 Å². The van der Waals surface area contributed by atoms with E-state index in [1.165, 1.54) is 24.3 Å². The fourth-order valence-electron chi connectivity index (χ4n) is 1.40. The molecule has 0 aliphatic rings. The monoisotopic (exact) mass is 305 g/mol. The maximum absolute atomic E-state index is 11.9. The van der Waals surface area contributed by atoms with Crippen LogP contribution in [0.3, 0.4) is 0 Å². The van der Waals surface area contributed by atoms with Crippen LogP contribution in [0.1, 0.15) is 16.8 Å². The summed E-state index contributed by atoms with van der Waals surface area (Å²) in [5.41, 5.74) is 0.397. The number of carbonyl (C=O) groups excluding carboxylic acids is 1. The lowest BCUT2D eigenvalue weighted by Gasteiger charge is -2.07. The van der Waals surface area contributed by atoms with Crippen LogP contribution in [-0.4, -0.2) is 40.3 Å². The van der Waals surface area contributed by atoms with Crippen molar-refractivity contribution >= 4 is 27.4 Å². The number of nitrogens with one attached hydrogen (secondary N) is 1. The standard InChI is InChI=1S/C12H16ClNO4S/c1-18-8-2-7-14-19(16,17)11-5-3-10(4-6-11)12(15)9-13/h3-6,14H,2,7-9H2,1H3. The first-order valence-corrected chi connectivity index (χ1v) is 7.71. The van der Waals surface area contributed by atoms with E-state index in [0.29, 0.717) is 25.1 Å². The molecular formula is C12H16ClNO4S. The first-order valence-electron chi connectivity index (χ1n) is 5.69. The summed E-state index contributed by atoms with van der Waals surface area (Å²) >= 11 is 5.42. The zero-order valence-electron chi connectivity index (χ0n) is 10.6. The summed E-state index contributed by atoms with van der Waals surface area (Å²) in [4.78, 5) is 11.4. The fourth-order valence-corrected chi connectivity index (χ4v) is 2.63. The van der Waals surface area contributed by atoms with Gasteiger partial charge < -0.3 is 4.74 Å². The summed E-state index contributed by atoms with van der Waals surface area (Å²) in [6.07, 6.45) is 0.596. The molecule has 106 valence electrons. The van der Waals surface area contributed by atoms with Crippen molar-refractivity contribution < 1.29 is 17.9 Å². The molecule has 0 atom stereocenters. The van der Waals surface area contributed by atoms with Crippen LogP contribution in [-0.2, 0) is 14.8 Å². The average molecular weight is 306 g/mol. The summed E-state index contributed by atoms with van der Waals surface area (Å²) in [6.45, 7) is 0.796. The molecule has 0 bridgehead atoms. The third-order valence-corrected chi connectivity index (χ3v) is 4.14. The maximum Gasteiger partial charge on any atom is 0.240 e. The number of ketones is 1. The van der Waals surface area contributed by atoms with E-state index in [-0.39, 0.29) is 16.6 Å². The molecular weight excluding hydrogens is 290 g/mol. The maximum atomic E-state index is 11.9. The van der Waals surface area contributed by atoms with Crippen molar-refractivity contribution in [3.63, 3.8) is 0 Å². The number of Topliss-reactive ketones (excluding diaryl/α,β-unsaturated/α-hetero) is 1. The van der Waals surface area contributed by atoms with Gasteiger partial charge in [0.05, 0.1) is 10.8 Å². The molecule has 1 N–H and O–H groups in total. The third kappa shape index (κ3) is 4.91. The molecule has 0 amide bonds. The number of benzene rings is 1. The second-order valence-electron chi connectivity index (χ2n) is 3.83. The molecule has 7 heteroatoms. The minimum Gasteiger partial charge on any atom is -0.385 e. The summed E-state index contributed by atoms with van der Waals surface area (Å²) in [7, 11) is -1.98. The van der Waals surface area contributed by atoms with E-state index in [2.05, 4.69) is 4.72 Å². The highest BCUT2D eigenvalue weighted by atomic mass is 35.5. The molecule has 5 nitrogen and oxygen atoms in total. The Morgan fingerprint density at radius 2 is 1.95 bits per heavy atom. The predicted molar refractivity (Wildman–Crippen MR) is 73.2 cm³/mol. The van der Waals surface area contributed by atoms with Crippen LogP contribution in [0.15, 0.2) is 29.2 Å². The summed E-state index contributed by atoms with van der Waals surface area (Å²) in [6, 6.07) is 5.68. The Bertz CT molecular complexity index is 513. The zero-order valence-corrected chi connectivity index (χ0v) is 12.1. The highest BCUT2D eigenvalue weighted by Crippen LogP contribution is 2.11. The smallest absolute Gasteiger partial charge is 0.240 e. The second kappa shape index (κ2) is 7.59. The van der Waals surface area contributed by atoms with Gasteiger partial charge in [0, 0.05) is 25.8 Å². The van der Waals surface area contributed by atoms with Gasteiger partial charge in [-0.25, -0.2) is 13.1 Å². The van der Waals surface area contributed by atoms with Crippen LogP contribution in [0.25, 0.3) is 0 Å². The molecule has 0 aliphatic carbocycles. The molecule has 0 spiro atoms. The number of ether oxygens (including phenoxy) is 1. The SMILES string of the molecule is COCCCNS(=O)(=O)c1ccc(C(=O)CCl)cc1. The number of sulfonamides is 1. The molecule has 0 saturated carbocycles. The van der Waals surface area contributed by atoms with Gasteiger partial charge in [0.15, 0.2) is 5.78 Å². The van der Waals surface area contributed by atoms with Crippen molar-refractivity contribution in [3.8, 4) is 0 Å². The molecule has 0 saturated heterocycles. The quantitative estimate of drug-likeness (QED) is 0.448. The first-order chi connectivity index (χ1) is 9.01. The molecule has 1 aromatic rings. The van der Waals surface area contributed by atoms with Crippen molar-refractivity contribution in [1.29, 1.82) is 0 Å². The van der Waals surface area contributed by atoms with E-state index in [1.54, 1.807) is 7.11 Å². The van der Waals surface area contributed by atoms with Crippen LogP contribution in [0.5, 0.6) is 0 Å². The lowest BCUT2D eigenvalue weighted by atomic mass is 10.1. The normalized spacial score (nSPS) is 11.5. The van der Waals surface area contributed by atoms with Gasteiger partial charge >= 0.3 is 0 Å². The topological polar surface area (TPSA) is 72.5 Å². The first kappa shape index (κ1) is 16.1. The van der Waals surface area contributed by atoms with Gasteiger partial charge in [0.1, 0.15) is 0 Å². The van der Waals surface area contributed by atoms with Gasteiger partial charge in [-0.05, 0) is 18.6 Å². The number of hydrogen-bond donors (Lipinski definition) is 1. The molecule has 0 radical (unpaired) electrons. The van der Waals surface area contributed by atoms with Gasteiger partial charge in [-0.2, -0.15) is 0 Å². The summed E-state index contributed by atoms with van der Waals surface area (Å²) < 4.78 is 31.1. The van der Waals surface area contributed by atoms with Gasteiger partial charge in [0.25, 0.3) is 0 Å². The van der Waals surface area contributed by atoms with E-state index in [0.717, 1.165) is 0 Å². The lowest BCUT2D eigenvalue weighted by molar-refractivity contribution is 0.102. The largest absolute Gasteiger partial charge is 0.385 e.